The van der Waals surface area contributed by atoms with Crippen molar-refractivity contribution >= 4 is 16.9 Å². The van der Waals surface area contributed by atoms with Crippen LogP contribution in [0.2, 0.25) is 0 Å². The number of hydrogen-bond acceptors (Lipinski definition) is 4. The second-order valence-electron chi connectivity index (χ2n) is 4.56. The van der Waals surface area contributed by atoms with E-state index in [1.165, 1.54) is 0 Å². The van der Waals surface area contributed by atoms with E-state index in [1.807, 2.05) is 23.1 Å². The van der Waals surface area contributed by atoms with E-state index in [2.05, 4.69) is 5.32 Å². The van der Waals surface area contributed by atoms with Crippen LogP contribution in [0.1, 0.15) is 10.6 Å². The summed E-state index contributed by atoms with van der Waals surface area (Å²) >= 11 is 0. The minimum atomic E-state index is -0.0448. The van der Waals surface area contributed by atoms with Gasteiger partial charge in [-0.2, -0.15) is 0 Å². The third-order valence-corrected chi connectivity index (χ3v) is 3.34. The SMILES string of the molecule is COc1ccc2oc(C(=O)N3CCNCC3)cc2c1. The van der Waals surface area contributed by atoms with Gasteiger partial charge in [0.2, 0.25) is 0 Å². The maximum absolute atomic E-state index is 12.3. The van der Waals surface area contributed by atoms with Gasteiger partial charge in [-0.15, -0.1) is 0 Å². The second-order valence-corrected chi connectivity index (χ2v) is 4.56. The van der Waals surface area contributed by atoms with Crippen LogP contribution in [0.4, 0.5) is 0 Å². The van der Waals surface area contributed by atoms with Crippen LogP contribution in [0.5, 0.6) is 5.75 Å². The average Bonchev–Trinajstić information content (AvgIpc) is 2.90. The zero-order valence-corrected chi connectivity index (χ0v) is 10.8. The Hall–Kier alpha value is -2.01. The van der Waals surface area contributed by atoms with E-state index in [0.717, 1.165) is 37.3 Å². The monoisotopic (exact) mass is 260 g/mol. The normalized spacial score (nSPS) is 15.7. The highest BCUT2D eigenvalue weighted by atomic mass is 16.5. The molecule has 1 N–H and O–H groups in total. The molecule has 19 heavy (non-hydrogen) atoms. The molecule has 3 rings (SSSR count). The summed E-state index contributed by atoms with van der Waals surface area (Å²) in [6, 6.07) is 7.29. The van der Waals surface area contributed by atoms with Gasteiger partial charge in [0.05, 0.1) is 7.11 Å². The predicted molar refractivity (Wildman–Crippen MR) is 71.5 cm³/mol. The van der Waals surface area contributed by atoms with E-state index in [9.17, 15) is 4.79 Å². The van der Waals surface area contributed by atoms with Crippen molar-refractivity contribution in [3.8, 4) is 5.75 Å². The number of rotatable bonds is 2. The minimum absolute atomic E-state index is 0.0448. The molecule has 1 aromatic heterocycles. The van der Waals surface area contributed by atoms with E-state index in [0.29, 0.717) is 11.3 Å². The Morgan fingerprint density at radius 3 is 2.84 bits per heavy atom. The number of carbonyl (C=O) groups is 1. The quantitative estimate of drug-likeness (QED) is 0.888. The number of nitrogens with zero attached hydrogens (tertiary/aromatic N) is 1. The van der Waals surface area contributed by atoms with Gasteiger partial charge >= 0.3 is 0 Å². The molecule has 100 valence electrons. The highest BCUT2D eigenvalue weighted by molar-refractivity contribution is 5.96. The summed E-state index contributed by atoms with van der Waals surface area (Å²) in [6.45, 7) is 3.11. The number of amides is 1. The van der Waals surface area contributed by atoms with Crippen molar-refractivity contribution in [2.45, 2.75) is 0 Å². The number of benzene rings is 1. The number of piperazine rings is 1. The second kappa shape index (κ2) is 4.93. The van der Waals surface area contributed by atoms with Crippen LogP contribution in [0, 0.1) is 0 Å². The zero-order chi connectivity index (χ0) is 13.2. The fourth-order valence-corrected chi connectivity index (χ4v) is 2.28. The maximum Gasteiger partial charge on any atom is 0.289 e. The average molecular weight is 260 g/mol. The maximum atomic E-state index is 12.3. The van der Waals surface area contributed by atoms with Crippen LogP contribution in [-0.2, 0) is 0 Å². The van der Waals surface area contributed by atoms with E-state index >= 15 is 0 Å². The fraction of sp³-hybridized carbons (Fsp3) is 0.357. The highest BCUT2D eigenvalue weighted by Gasteiger charge is 2.21. The molecular formula is C14H16N2O3. The number of ether oxygens (including phenoxy) is 1. The first-order chi connectivity index (χ1) is 9.28. The molecule has 2 aromatic rings. The third-order valence-electron chi connectivity index (χ3n) is 3.34. The van der Waals surface area contributed by atoms with Gasteiger partial charge in [0.15, 0.2) is 5.76 Å². The molecule has 0 atom stereocenters. The Morgan fingerprint density at radius 1 is 1.32 bits per heavy atom. The van der Waals surface area contributed by atoms with Gasteiger partial charge in [0.1, 0.15) is 11.3 Å². The summed E-state index contributed by atoms with van der Waals surface area (Å²) in [4.78, 5) is 14.1. The van der Waals surface area contributed by atoms with Crippen molar-refractivity contribution in [3.63, 3.8) is 0 Å². The molecule has 0 bridgehead atoms. The van der Waals surface area contributed by atoms with Crippen LogP contribution in [0.25, 0.3) is 11.0 Å². The lowest BCUT2D eigenvalue weighted by Crippen LogP contribution is -2.46. The molecule has 5 heteroatoms. The van der Waals surface area contributed by atoms with Gasteiger partial charge < -0.3 is 19.4 Å². The van der Waals surface area contributed by atoms with E-state index in [4.69, 9.17) is 9.15 Å². The van der Waals surface area contributed by atoms with Gasteiger partial charge in [0, 0.05) is 31.6 Å². The lowest BCUT2D eigenvalue weighted by atomic mass is 10.2. The molecule has 1 saturated heterocycles. The molecular weight excluding hydrogens is 244 g/mol. The molecule has 0 spiro atoms. The number of fused-ring (bicyclic) bond motifs is 1. The largest absolute Gasteiger partial charge is 0.497 e. The van der Waals surface area contributed by atoms with Crippen LogP contribution < -0.4 is 10.1 Å². The van der Waals surface area contributed by atoms with Gasteiger partial charge in [-0.3, -0.25) is 4.79 Å². The molecule has 0 radical (unpaired) electrons. The van der Waals surface area contributed by atoms with Crippen LogP contribution in [0.15, 0.2) is 28.7 Å². The van der Waals surface area contributed by atoms with Crippen molar-refractivity contribution in [3.05, 3.63) is 30.0 Å². The Balaban J connectivity index is 1.89. The molecule has 2 heterocycles. The van der Waals surface area contributed by atoms with Crippen molar-refractivity contribution in [1.29, 1.82) is 0 Å². The van der Waals surface area contributed by atoms with Crippen LogP contribution in [-0.4, -0.2) is 44.1 Å². The first-order valence-corrected chi connectivity index (χ1v) is 6.35. The molecule has 1 fully saturated rings. The number of furan rings is 1. The van der Waals surface area contributed by atoms with Gasteiger partial charge in [-0.1, -0.05) is 0 Å². The Bertz CT molecular complexity index is 600. The zero-order valence-electron chi connectivity index (χ0n) is 10.8. The first kappa shape index (κ1) is 12.0. The van der Waals surface area contributed by atoms with Crippen molar-refractivity contribution in [2.24, 2.45) is 0 Å². The number of hydrogen-bond donors (Lipinski definition) is 1. The van der Waals surface area contributed by atoms with E-state index in [-0.39, 0.29) is 5.91 Å². The number of carbonyl (C=O) groups excluding carboxylic acids is 1. The lowest BCUT2D eigenvalue weighted by molar-refractivity contribution is 0.0706. The molecule has 5 nitrogen and oxygen atoms in total. The van der Waals surface area contributed by atoms with E-state index < -0.39 is 0 Å². The molecule has 1 aromatic carbocycles. The predicted octanol–water partition coefficient (Wildman–Crippen LogP) is 1.49. The van der Waals surface area contributed by atoms with Gasteiger partial charge in [0.25, 0.3) is 5.91 Å². The topological polar surface area (TPSA) is 54.7 Å². The summed E-state index contributed by atoms with van der Waals surface area (Å²) in [5.74, 6) is 1.11. The lowest BCUT2D eigenvalue weighted by Gasteiger charge is -2.26. The van der Waals surface area contributed by atoms with Gasteiger partial charge in [-0.05, 0) is 24.3 Å². The minimum Gasteiger partial charge on any atom is -0.497 e. The Labute approximate surface area is 111 Å². The molecule has 0 unspecified atom stereocenters. The molecule has 0 saturated carbocycles. The Morgan fingerprint density at radius 2 is 2.11 bits per heavy atom. The molecule has 1 amide bonds. The van der Waals surface area contributed by atoms with E-state index in [1.54, 1.807) is 13.2 Å². The van der Waals surface area contributed by atoms with Crippen molar-refractivity contribution < 1.29 is 13.9 Å². The van der Waals surface area contributed by atoms with Crippen LogP contribution >= 0.6 is 0 Å². The third kappa shape index (κ3) is 2.29. The summed E-state index contributed by atoms with van der Waals surface area (Å²) in [6.07, 6.45) is 0. The summed E-state index contributed by atoms with van der Waals surface area (Å²) in [5, 5.41) is 4.11. The van der Waals surface area contributed by atoms with Crippen molar-refractivity contribution in [2.75, 3.05) is 33.3 Å². The Kier molecular flexibility index (Phi) is 3.13. The van der Waals surface area contributed by atoms with Gasteiger partial charge in [-0.25, -0.2) is 0 Å². The summed E-state index contributed by atoms with van der Waals surface area (Å²) < 4.78 is 10.8. The summed E-state index contributed by atoms with van der Waals surface area (Å²) in [5.41, 5.74) is 0.708. The standard InChI is InChI=1S/C14H16N2O3/c1-18-11-2-3-12-10(8-11)9-13(19-12)14(17)16-6-4-15-5-7-16/h2-3,8-9,15H,4-7H2,1H3. The molecule has 1 aliphatic rings. The fourth-order valence-electron chi connectivity index (χ4n) is 2.28. The summed E-state index contributed by atoms with van der Waals surface area (Å²) in [7, 11) is 1.62. The first-order valence-electron chi connectivity index (χ1n) is 6.35. The molecule has 1 aliphatic heterocycles. The van der Waals surface area contributed by atoms with Crippen molar-refractivity contribution in [1.82, 2.24) is 10.2 Å². The smallest absolute Gasteiger partial charge is 0.289 e. The molecule has 0 aliphatic carbocycles. The van der Waals surface area contributed by atoms with Crippen LogP contribution in [0.3, 0.4) is 0 Å². The number of methoxy groups -OCH3 is 1. The number of nitrogens with one attached hydrogen (secondary N) is 1. The highest BCUT2D eigenvalue weighted by Crippen LogP contribution is 2.24.